The Balaban J connectivity index is 1.81. The summed E-state index contributed by atoms with van der Waals surface area (Å²) < 4.78 is 0. The molecular formula is C17H18N2OS. The lowest BCUT2D eigenvalue weighted by Gasteiger charge is -2.10. The van der Waals surface area contributed by atoms with Crippen LogP contribution >= 0.6 is 12.2 Å². The Morgan fingerprint density at radius 2 is 1.71 bits per heavy atom. The second kappa shape index (κ2) is 7.55. The molecule has 2 N–H and O–H groups in total. The number of amides is 1. The van der Waals surface area contributed by atoms with Crippen LogP contribution in [0, 0.1) is 6.92 Å². The first-order chi connectivity index (χ1) is 10.2. The molecule has 0 fully saturated rings. The highest BCUT2D eigenvalue weighted by molar-refractivity contribution is 7.82. The molecule has 0 aromatic heterocycles. The van der Waals surface area contributed by atoms with Gasteiger partial charge in [-0.15, -0.1) is 0 Å². The molecular weight excluding hydrogens is 280 g/mol. The molecule has 1 amide bonds. The molecule has 0 unspecified atom stereocenters. The Hall–Kier alpha value is -2.20. The normalized spacial score (nSPS) is 9.95. The fourth-order valence-corrected chi connectivity index (χ4v) is 2.09. The lowest BCUT2D eigenvalue weighted by atomic mass is 10.1. The maximum Gasteiger partial charge on any atom is 0.283 e. The highest BCUT2D eigenvalue weighted by Crippen LogP contribution is 2.12. The minimum absolute atomic E-state index is 0.217. The summed E-state index contributed by atoms with van der Waals surface area (Å²) in [6.45, 7) is 2.59. The molecule has 0 saturated heterocycles. The largest absolute Gasteiger partial charge is 0.371 e. The topological polar surface area (TPSA) is 41.1 Å². The summed E-state index contributed by atoms with van der Waals surface area (Å²) in [5, 5.41) is 5.81. The van der Waals surface area contributed by atoms with E-state index >= 15 is 0 Å². The molecule has 0 heterocycles. The van der Waals surface area contributed by atoms with Crippen molar-refractivity contribution in [2.75, 3.05) is 11.9 Å². The van der Waals surface area contributed by atoms with Crippen LogP contribution in [0.5, 0.6) is 0 Å². The predicted molar refractivity (Wildman–Crippen MR) is 90.6 cm³/mol. The molecule has 2 aromatic rings. The standard InChI is InChI=1S/C17H18N2OS/c1-13-7-5-6-10-15(13)19-16(20)17(21)18-12-11-14-8-3-2-4-9-14/h2-10H,11-12H2,1H3,(H,18,21)(H,19,20). The number of anilines is 1. The molecule has 108 valence electrons. The van der Waals surface area contributed by atoms with Crippen molar-refractivity contribution in [3.05, 3.63) is 65.7 Å². The molecule has 2 aromatic carbocycles. The number of carbonyl (C=O) groups excluding carboxylic acids is 1. The van der Waals surface area contributed by atoms with E-state index in [1.165, 1.54) is 5.56 Å². The van der Waals surface area contributed by atoms with E-state index in [1.807, 2.05) is 49.4 Å². The van der Waals surface area contributed by atoms with Crippen LogP contribution < -0.4 is 10.6 Å². The Labute approximate surface area is 130 Å². The van der Waals surface area contributed by atoms with Gasteiger partial charge in [-0.05, 0) is 30.5 Å². The molecule has 0 aliphatic rings. The average Bonchev–Trinajstić information content (AvgIpc) is 2.50. The van der Waals surface area contributed by atoms with E-state index in [2.05, 4.69) is 22.8 Å². The quantitative estimate of drug-likeness (QED) is 0.852. The maximum absolute atomic E-state index is 12.0. The van der Waals surface area contributed by atoms with Crippen molar-refractivity contribution < 1.29 is 4.79 Å². The average molecular weight is 298 g/mol. The first kappa shape index (κ1) is 15.2. The molecule has 0 saturated carbocycles. The second-order valence-electron chi connectivity index (χ2n) is 4.76. The van der Waals surface area contributed by atoms with Gasteiger partial charge >= 0.3 is 0 Å². The zero-order chi connectivity index (χ0) is 15.1. The highest BCUT2D eigenvalue weighted by Gasteiger charge is 2.09. The van der Waals surface area contributed by atoms with Crippen LogP contribution in [0.4, 0.5) is 5.69 Å². The SMILES string of the molecule is Cc1ccccc1NC(=O)C(=S)NCCc1ccccc1. The first-order valence-corrected chi connectivity index (χ1v) is 7.26. The smallest absolute Gasteiger partial charge is 0.283 e. The molecule has 3 nitrogen and oxygen atoms in total. The number of hydrogen-bond donors (Lipinski definition) is 2. The number of nitrogens with one attached hydrogen (secondary N) is 2. The van der Waals surface area contributed by atoms with Crippen molar-refractivity contribution >= 4 is 28.8 Å². The number of benzene rings is 2. The number of carbonyl (C=O) groups is 1. The van der Waals surface area contributed by atoms with Gasteiger partial charge in [0.25, 0.3) is 5.91 Å². The molecule has 0 atom stereocenters. The summed E-state index contributed by atoms with van der Waals surface area (Å²) in [6, 6.07) is 17.7. The Morgan fingerprint density at radius 1 is 1.05 bits per heavy atom. The lowest BCUT2D eigenvalue weighted by molar-refractivity contribution is -0.110. The molecule has 0 bridgehead atoms. The van der Waals surface area contributed by atoms with Gasteiger partial charge in [-0.3, -0.25) is 4.79 Å². The first-order valence-electron chi connectivity index (χ1n) is 6.85. The van der Waals surface area contributed by atoms with Crippen LogP contribution in [0.25, 0.3) is 0 Å². The van der Waals surface area contributed by atoms with Gasteiger partial charge in [0, 0.05) is 12.2 Å². The van der Waals surface area contributed by atoms with Gasteiger partial charge in [-0.1, -0.05) is 60.7 Å². The summed E-state index contributed by atoms with van der Waals surface area (Å²) in [6.07, 6.45) is 0.832. The third-order valence-corrected chi connectivity index (χ3v) is 3.47. The Bertz CT molecular complexity index is 626. The number of hydrogen-bond acceptors (Lipinski definition) is 2. The van der Waals surface area contributed by atoms with Crippen molar-refractivity contribution in [2.24, 2.45) is 0 Å². The zero-order valence-corrected chi connectivity index (χ0v) is 12.7. The van der Waals surface area contributed by atoms with Crippen LogP contribution in [-0.2, 0) is 11.2 Å². The van der Waals surface area contributed by atoms with E-state index in [4.69, 9.17) is 12.2 Å². The fourth-order valence-electron chi connectivity index (χ4n) is 1.94. The van der Waals surface area contributed by atoms with Gasteiger partial charge in [-0.2, -0.15) is 0 Å². The van der Waals surface area contributed by atoms with E-state index in [0.717, 1.165) is 17.7 Å². The van der Waals surface area contributed by atoms with Crippen molar-refractivity contribution in [1.82, 2.24) is 5.32 Å². The summed E-state index contributed by atoms with van der Waals surface area (Å²) in [4.78, 5) is 12.2. The van der Waals surface area contributed by atoms with Gasteiger partial charge in [0.05, 0.1) is 0 Å². The van der Waals surface area contributed by atoms with Gasteiger partial charge < -0.3 is 10.6 Å². The molecule has 21 heavy (non-hydrogen) atoms. The van der Waals surface area contributed by atoms with Crippen LogP contribution in [-0.4, -0.2) is 17.4 Å². The summed E-state index contributed by atoms with van der Waals surface area (Å²) >= 11 is 5.11. The van der Waals surface area contributed by atoms with Gasteiger partial charge in [0.15, 0.2) is 4.99 Å². The van der Waals surface area contributed by atoms with E-state index < -0.39 is 0 Å². The van der Waals surface area contributed by atoms with E-state index in [9.17, 15) is 4.79 Å². The molecule has 0 spiro atoms. The number of rotatable bonds is 4. The number of aryl methyl sites for hydroxylation is 1. The van der Waals surface area contributed by atoms with E-state index in [-0.39, 0.29) is 10.9 Å². The summed E-state index contributed by atoms with van der Waals surface area (Å²) in [5.41, 5.74) is 3.01. The molecule has 0 aliphatic heterocycles. The second-order valence-corrected chi connectivity index (χ2v) is 5.17. The number of para-hydroxylation sites is 1. The van der Waals surface area contributed by atoms with Crippen molar-refractivity contribution in [3.8, 4) is 0 Å². The monoisotopic (exact) mass is 298 g/mol. The minimum atomic E-state index is -0.271. The van der Waals surface area contributed by atoms with Crippen LogP contribution in [0.3, 0.4) is 0 Å². The Kier molecular flexibility index (Phi) is 5.46. The fraction of sp³-hybridized carbons (Fsp3) is 0.176. The lowest BCUT2D eigenvalue weighted by Crippen LogP contribution is -2.35. The van der Waals surface area contributed by atoms with Crippen molar-refractivity contribution in [3.63, 3.8) is 0 Å². The highest BCUT2D eigenvalue weighted by atomic mass is 32.1. The summed E-state index contributed by atoms with van der Waals surface area (Å²) in [7, 11) is 0. The van der Waals surface area contributed by atoms with Gasteiger partial charge in [0.2, 0.25) is 0 Å². The predicted octanol–water partition coefficient (Wildman–Crippen LogP) is 3.09. The van der Waals surface area contributed by atoms with Crippen LogP contribution in [0.15, 0.2) is 54.6 Å². The third kappa shape index (κ3) is 4.68. The summed E-state index contributed by atoms with van der Waals surface area (Å²) in [5.74, 6) is -0.271. The molecule has 0 aliphatic carbocycles. The maximum atomic E-state index is 12.0. The van der Waals surface area contributed by atoms with E-state index in [0.29, 0.717) is 6.54 Å². The molecule has 2 rings (SSSR count). The number of thiocarbonyl (C=S) groups is 1. The van der Waals surface area contributed by atoms with Crippen LogP contribution in [0.2, 0.25) is 0 Å². The molecule has 4 heteroatoms. The molecule has 0 radical (unpaired) electrons. The van der Waals surface area contributed by atoms with Crippen molar-refractivity contribution in [1.29, 1.82) is 0 Å². The van der Waals surface area contributed by atoms with Crippen LogP contribution in [0.1, 0.15) is 11.1 Å². The van der Waals surface area contributed by atoms with Crippen molar-refractivity contribution in [2.45, 2.75) is 13.3 Å². The minimum Gasteiger partial charge on any atom is -0.371 e. The zero-order valence-electron chi connectivity index (χ0n) is 11.9. The van der Waals surface area contributed by atoms with Gasteiger partial charge in [0.1, 0.15) is 0 Å². The van der Waals surface area contributed by atoms with E-state index in [1.54, 1.807) is 0 Å². The third-order valence-electron chi connectivity index (χ3n) is 3.14. The van der Waals surface area contributed by atoms with Gasteiger partial charge in [-0.25, -0.2) is 0 Å². The Morgan fingerprint density at radius 3 is 2.43 bits per heavy atom.